The molecule has 0 fully saturated rings. The molecular formula is C58H111NO5. The van der Waals surface area contributed by atoms with E-state index in [-0.39, 0.29) is 18.5 Å². The highest BCUT2D eigenvalue weighted by Crippen LogP contribution is 2.17. The topological polar surface area (TPSA) is 95.9 Å². The molecule has 0 aliphatic rings. The number of amides is 1. The van der Waals surface area contributed by atoms with E-state index in [0.717, 1.165) is 83.5 Å². The molecule has 0 aromatic rings. The molecule has 0 aliphatic carbocycles. The lowest BCUT2D eigenvalue weighted by atomic mass is 10.0. The number of esters is 1. The van der Waals surface area contributed by atoms with Gasteiger partial charge in [0.05, 0.1) is 25.4 Å². The normalized spacial score (nSPS) is 12.8. The smallest absolute Gasteiger partial charge is 0.305 e. The first-order valence-electron chi connectivity index (χ1n) is 28.6. The number of aliphatic hydroxyl groups excluding tert-OH is 2. The van der Waals surface area contributed by atoms with Gasteiger partial charge >= 0.3 is 5.97 Å². The molecule has 2 unspecified atom stereocenters. The molecule has 0 aromatic heterocycles. The van der Waals surface area contributed by atoms with Gasteiger partial charge < -0.3 is 20.3 Å². The van der Waals surface area contributed by atoms with Gasteiger partial charge in [0.25, 0.3) is 0 Å². The van der Waals surface area contributed by atoms with E-state index in [1.165, 1.54) is 193 Å². The molecule has 6 nitrogen and oxygen atoms in total. The van der Waals surface area contributed by atoms with Crippen LogP contribution < -0.4 is 5.32 Å². The minimum Gasteiger partial charge on any atom is -0.466 e. The molecular weight excluding hydrogens is 791 g/mol. The van der Waals surface area contributed by atoms with Gasteiger partial charge in [0.1, 0.15) is 0 Å². The van der Waals surface area contributed by atoms with Crippen LogP contribution in [0.2, 0.25) is 0 Å². The summed E-state index contributed by atoms with van der Waals surface area (Å²) in [4.78, 5) is 24.5. The van der Waals surface area contributed by atoms with Gasteiger partial charge in [-0.25, -0.2) is 0 Å². The zero-order valence-corrected chi connectivity index (χ0v) is 43.0. The van der Waals surface area contributed by atoms with Crippen LogP contribution >= 0.6 is 0 Å². The van der Waals surface area contributed by atoms with Crippen molar-refractivity contribution in [2.45, 2.75) is 321 Å². The Morgan fingerprint density at radius 2 is 0.781 bits per heavy atom. The van der Waals surface area contributed by atoms with Crippen LogP contribution in [0.5, 0.6) is 0 Å². The molecule has 64 heavy (non-hydrogen) atoms. The first-order valence-corrected chi connectivity index (χ1v) is 28.6. The predicted molar refractivity (Wildman–Crippen MR) is 278 cm³/mol. The Hall–Kier alpha value is -1.66. The molecule has 1 amide bonds. The van der Waals surface area contributed by atoms with Crippen LogP contribution in [0.15, 0.2) is 24.3 Å². The molecule has 0 rings (SSSR count). The summed E-state index contributed by atoms with van der Waals surface area (Å²) in [6.45, 7) is 4.92. The summed E-state index contributed by atoms with van der Waals surface area (Å²) in [5.74, 6) is -0.0628. The maximum absolute atomic E-state index is 12.5. The standard InChI is InChI=1S/C58H111NO5/c1-3-5-7-9-11-13-15-17-18-20-23-27-30-34-38-42-46-50-56(61)55(54-60)59-57(62)51-47-43-39-35-31-28-24-21-19-22-25-29-33-37-41-45-49-53-64-58(63)52-48-44-40-36-32-26-16-14-12-10-8-6-4-2/h19,22,29,33,55-56,60-61H,3-18,20-21,23-28,30-32,34-54H2,1-2H3,(H,59,62)/b22-19-,33-29-. The van der Waals surface area contributed by atoms with E-state index in [2.05, 4.69) is 43.5 Å². The number of ether oxygens (including phenoxy) is 1. The second kappa shape index (κ2) is 54.0. The maximum atomic E-state index is 12.5. The summed E-state index contributed by atoms with van der Waals surface area (Å²) in [6, 6.07) is -0.553. The summed E-state index contributed by atoms with van der Waals surface area (Å²) >= 11 is 0. The van der Waals surface area contributed by atoms with E-state index in [4.69, 9.17) is 4.74 Å². The summed E-state index contributed by atoms with van der Waals surface area (Å²) in [5.41, 5.74) is 0. The van der Waals surface area contributed by atoms with Gasteiger partial charge in [-0.1, -0.05) is 256 Å². The van der Waals surface area contributed by atoms with Crippen LogP contribution in [-0.2, 0) is 14.3 Å². The van der Waals surface area contributed by atoms with Gasteiger partial charge in [0.15, 0.2) is 0 Å². The molecule has 378 valence electrons. The van der Waals surface area contributed by atoms with Crippen LogP contribution in [-0.4, -0.2) is 47.4 Å². The monoisotopic (exact) mass is 902 g/mol. The van der Waals surface area contributed by atoms with E-state index < -0.39 is 12.1 Å². The average Bonchev–Trinajstić information content (AvgIpc) is 3.29. The lowest BCUT2D eigenvalue weighted by Gasteiger charge is -2.22. The summed E-state index contributed by atoms with van der Waals surface area (Å²) in [5, 5.41) is 23.3. The number of rotatable bonds is 53. The van der Waals surface area contributed by atoms with Crippen molar-refractivity contribution in [3.63, 3.8) is 0 Å². The lowest BCUT2D eigenvalue weighted by molar-refractivity contribution is -0.143. The minimum absolute atomic E-state index is 0.0136. The van der Waals surface area contributed by atoms with E-state index >= 15 is 0 Å². The Kier molecular flexibility index (Phi) is 52.6. The molecule has 0 heterocycles. The van der Waals surface area contributed by atoms with E-state index in [9.17, 15) is 19.8 Å². The van der Waals surface area contributed by atoms with Gasteiger partial charge in [-0.15, -0.1) is 0 Å². The number of aliphatic hydroxyl groups is 2. The predicted octanol–water partition coefficient (Wildman–Crippen LogP) is 17.5. The van der Waals surface area contributed by atoms with Gasteiger partial charge in [-0.3, -0.25) is 9.59 Å². The molecule has 0 radical (unpaired) electrons. The Bertz CT molecular complexity index is 997. The first-order chi connectivity index (χ1) is 31.5. The van der Waals surface area contributed by atoms with Gasteiger partial charge in [0, 0.05) is 12.8 Å². The minimum atomic E-state index is -0.675. The van der Waals surface area contributed by atoms with Crippen LogP contribution in [0.4, 0.5) is 0 Å². The van der Waals surface area contributed by atoms with Crippen molar-refractivity contribution in [1.82, 2.24) is 5.32 Å². The van der Waals surface area contributed by atoms with Crippen LogP contribution in [0.1, 0.15) is 309 Å². The summed E-state index contributed by atoms with van der Waals surface area (Å²) in [7, 11) is 0. The third-order valence-corrected chi connectivity index (χ3v) is 13.3. The Labute approximate surface area is 399 Å². The van der Waals surface area contributed by atoms with Crippen LogP contribution in [0.3, 0.4) is 0 Å². The number of hydrogen-bond acceptors (Lipinski definition) is 5. The number of carbonyl (C=O) groups is 2. The third kappa shape index (κ3) is 49.8. The number of carbonyl (C=O) groups excluding carboxylic acids is 2. The highest BCUT2D eigenvalue weighted by Gasteiger charge is 2.20. The highest BCUT2D eigenvalue weighted by atomic mass is 16.5. The largest absolute Gasteiger partial charge is 0.466 e. The molecule has 0 bridgehead atoms. The second-order valence-corrected chi connectivity index (χ2v) is 19.6. The maximum Gasteiger partial charge on any atom is 0.305 e. The van der Waals surface area contributed by atoms with Crippen molar-refractivity contribution in [3.8, 4) is 0 Å². The Balaban J connectivity index is 3.49. The van der Waals surface area contributed by atoms with Crippen molar-refractivity contribution in [3.05, 3.63) is 24.3 Å². The van der Waals surface area contributed by atoms with Gasteiger partial charge in [-0.2, -0.15) is 0 Å². The Morgan fingerprint density at radius 3 is 1.19 bits per heavy atom. The average molecular weight is 903 g/mol. The van der Waals surface area contributed by atoms with E-state index in [1.54, 1.807) is 0 Å². The molecule has 0 aromatic carbocycles. The number of nitrogens with one attached hydrogen (secondary N) is 1. The Morgan fingerprint density at radius 1 is 0.438 bits per heavy atom. The second-order valence-electron chi connectivity index (χ2n) is 19.6. The lowest BCUT2D eigenvalue weighted by Crippen LogP contribution is -2.45. The van der Waals surface area contributed by atoms with Crippen molar-refractivity contribution in [2.75, 3.05) is 13.2 Å². The summed E-state index contributed by atoms with van der Waals surface area (Å²) < 4.78 is 5.45. The molecule has 6 heteroatoms. The zero-order chi connectivity index (χ0) is 46.5. The fraction of sp³-hybridized carbons (Fsp3) is 0.897. The molecule has 0 saturated heterocycles. The van der Waals surface area contributed by atoms with Gasteiger partial charge in [0.2, 0.25) is 5.91 Å². The summed E-state index contributed by atoms with van der Waals surface area (Å²) in [6.07, 6.45) is 64.5. The molecule has 0 saturated carbocycles. The van der Waals surface area contributed by atoms with Crippen molar-refractivity contribution in [2.24, 2.45) is 0 Å². The first kappa shape index (κ1) is 62.3. The van der Waals surface area contributed by atoms with Crippen LogP contribution in [0.25, 0.3) is 0 Å². The molecule has 0 spiro atoms. The van der Waals surface area contributed by atoms with Gasteiger partial charge in [-0.05, 0) is 64.2 Å². The van der Waals surface area contributed by atoms with Crippen molar-refractivity contribution >= 4 is 11.9 Å². The van der Waals surface area contributed by atoms with Crippen molar-refractivity contribution < 1.29 is 24.5 Å². The quantitative estimate of drug-likeness (QED) is 0.0321. The number of allylic oxidation sites excluding steroid dienone is 4. The van der Waals surface area contributed by atoms with Crippen LogP contribution in [0, 0.1) is 0 Å². The van der Waals surface area contributed by atoms with E-state index in [1.807, 2.05) is 0 Å². The molecule has 2 atom stereocenters. The highest BCUT2D eigenvalue weighted by molar-refractivity contribution is 5.76. The SMILES string of the molecule is CCCCCCCCCCCCCCCCCCCC(O)C(CO)NC(=O)CCCCCCCCC/C=C\C/C=C\CCCCCOC(=O)CCCCCCCCCCCCCCC. The number of hydrogen-bond donors (Lipinski definition) is 3. The molecule has 3 N–H and O–H groups in total. The zero-order valence-electron chi connectivity index (χ0n) is 43.0. The fourth-order valence-electron chi connectivity index (χ4n) is 8.85. The fourth-order valence-corrected chi connectivity index (χ4v) is 8.85. The van der Waals surface area contributed by atoms with Crippen molar-refractivity contribution in [1.29, 1.82) is 0 Å². The van der Waals surface area contributed by atoms with E-state index in [0.29, 0.717) is 25.9 Å². The molecule has 0 aliphatic heterocycles. The number of unbranched alkanes of at least 4 members (excludes halogenated alkanes) is 38. The third-order valence-electron chi connectivity index (χ3n) is 13.3.